The maximum Gasteiger partial charge on any atom is 0.387 e. The molecule has 4 nitrogen and oxygen atoms in total. The molecule has 0 aromatic heterocycles. The molecule has 2 rings (SSSR count). The van der Waals surface area contributed by atoms with E-state index in [-0.39, 0.29) is 42.2 Å². The van der Waals surface area contributed by atoms with E-state index in [1.807, 2.05) is 30.3 Å². The number of nitrogens with one attached hydrogen (secondary N) is 1. The molecular formula is C17H19ClF2IN3O. The summed E-state index contributed by atoms with van der Waals surface area (Å²) in [5.41, 5.74) is 7.41. The van der Waals surface area contributed by atoms with Gasteiger partial charge in [-0.05, 0) is 30.2 Å². The largest absolute Gasteiger partial charge is 0.434 e. The Hall–Kier alpha value is -1.61. The predicted octanol–water partition coefficient (Wildman–Crippen LogP) is 4.21. The molecule has 0 unspecified atom stereocenters. The van der Waals surface area contributed by atoms with E-state index < -0.39 is 6.61 Å². The fourth-order valence-electron chi connectivity index (χ4n) is 2.09. The summed E-state index contributed by atoms with van der Waals surface area (Å²) in [5.74, 6) is 0.268. The van der Waals surface area contributed by atoms with E-state index in [9.17, 15) is 8.78 Å². The Balaban J connectivity index is 0.00000312. The third-order valence-corrected chi connectivity index (χ3v) is 3.46. The van der Waals surface area contributed by atoms with Crippen molar-refractivity contribution < 1.29 is 13.5 Å². The molecule has 0 aliphatic heterocycles. The van der Waals surface area contributed by atoms with Crippen molar-refractivity contribution in [3.05, 3.63) is 64.7 Å². The van der Waals surface area contributed by atoms with Crippen LogP contribution in [0.3, 0.4) is 0 Å². The van der Waals surface area contributed by atoms with Gasteiger partial charge in [-0.25, -0.2) is 4.99 Å². The Bertz CT molecular complexity index is 687. The van der Waals surface area contributed by atoms with E-state index in [1.54, 1.807) is 0 Å². The number of nitrogens with zero attached hydrogens (tertiary/aromatic N) is 1. The third-order valence-electron chi connectivity index (χ3n) is 3.22. The van der Waals surface area contributed by atoms with Gasteiger partial charge in [-0.15, -0.1) is 24.0 Å². The number of hydrogen-bond donors (Lipinski definition) is 2. The lowest BCUT2D eigenvalue weighted by Crippen LogP contribution is -2.33. The Kier molecular flexibility index (Phi) is 9.51. The molecule has 136 valence electrons. The molecular weight excluding hydrogens is 463 g/mol. The highest BCUT2D eigenvalue weighted by Crippen LogP contribution is 2.25. The minimum absolute atomic E-state index is 0. The van der Waals surface area contributed by atoms with Crippen LogP contribution in [-0.2, 0) is 13.0 Å². The maximum atomic E-state index is 12.4. The average Bonchev–Trinajstić information content (AvgIpc) is 2.55. The summed E-state index contributed by atoms with van der Waals surface area (Å²) in [5, 5.41) is 3.40. The normalized spacial score (nSPS) is 11.1. The fraction of sp³-hybridized carbons (Fsp3) is 0.235. The van der Waals surface area contributed by atoms with Gasteiger partial charge in [-0.2, -0.15) is 8.78 Å². The molecule has 0 amide bonds. The first-order valence-electron chi connectivity index (χ1n) is 7.35. The molecule has 3 N–H and O–H groups in total. The molecule has 2 aromatic carbocycles. The Labute approximate surface area is 167 Å². The maximum absolute atomic E-state index is 12.4. The van der Waals surface area contributed by atoms with Crippen molar-refractivity contribution in [1.82, 2.24) is 5.32 Å². The summed E-state index contributed by atoms with van der Waals surface area (Å²) in [6, 6.07) is 14.3. The number of aliphatic imine (C=N–C) groups is 1. The molecule has 0 spiro atoms. The lowest BCUT2D eigenvalue weighted by molar-refractivity contribution is -0.0504. The second kappa shape index (κ2) is 11.1. The molecule has 2 aromatic rings. The van der Waals surface area contributed by atoms with Gasteiger partial charge < -0.3 is 15.8 Å². The van der Waals surface area contributed by atoms with Crippen molar-refractivity contribution in [2.75, 3.05) is 6.54 Å². The number of hydrogen-bond acceptors (Lipinski definition) is 2. The first-order chi connectivity index (χ1) is 11.5. The van der Waals surface area contributed by atoms with E-state index >= 15 is 0 Å². The highest BCUT2D eigenvalue weighted by Gasteiger charge is 2.10. The van der Waals surface area contributed by atoms with Crippen LogP contribution < -0.4 is 15.8 Å². The van der Waals surface area contributed by atoms with Gasteiger partial charge in [0.15, 0.2) is 5.96 Å². The Morgan fingerprint density at radius 2 is 1.92 bits per heavy atom. The van der Waals surface area contributed by atoms with E-state index in [1.165, 1.54) is 23.8 Å². The van der Waals surface area contributed by atoms with Crippen LogP contribution in [-0.4, -0.2) is 19.1 Å². The number of alkyl halides is 2. The van der Waals surface area contributed by atoms with Gasteiger partial charge in [-0.3, -0.25) is 0 Å². The van der Waals surface area contributed by atoms with Gasteiger partial charge in [0, 0.05) is 17.1 Å². The lowest BCUT2D eigenvalue weighted by Gasteiger charge is -2.10. The zero-order chi connectivity index (χ0) is 17.4. The van der Waals surface area contributed by atoms with Crippen LogP contribution in [0.4, 0.5) is 8.78 Å². The van der Waals surface area contributed by atoms with Gasteiger partial charge in [0.2, 0.25) is 0 Å². The minimum Gasteiger partial charge on any atom is -0.434 e. The molecule has 0 aliphatic rings. The number of guanidine groups is 1. The van der Waals surface area contributed by atoms with E-state index in [0.717, 1.165) is 6.42 Å². The molecule has 0 fully saturated rings. The molecule has 25 heavy (non-hydrogen) atoms. The van der Waals surface area contributed by atoms with Gasteiger partial charge in [0.25, 0.3) is 0 Å². The van der Waals surface area contributed by atoms with Crippen molar-refractivity contribution in [1.29, 1.82) is 0 Å². The van der Waals surface area contributed by atoms with Crippen LogP contribution in [0, 0.1) is 0 Å². The summed E-state index contributed by atoms with van der Waals surface area (Å²) >= 11 is 5.88. The molecule has 0 saturated heterocycles. The third kappa shape index (κ3) is 7.87. The summed E-state index contributed by atoms with van der Waals surface area (Å²) in [6.07, 6.45) is 0.800. The minimum atomic E-state index is -2.91. The number of benzene rings is 2. The molecule has 0 radical (unpaired) electrons. The van der Waals surface area contributed by atoms with Gasteiger partial charge >= 0.3 is 6.61 Å². The quantitative estimate of drug-likeness (QED) is 0.354. The summed E-state index contributed by atoms with van der Waals surface area (Å²) in [4.78, 5) is 4.13. The van der Waals surface area contributed by atoms with E-state index in [4.69, 9.17) is 17.3 Å². The van der Waals surface area contributed by atoms with Crippen LogP contribution in [0.1, 0.15) is 11.1 Å². The van der Waals surface area contributed by atoms with Crippen LogP contribution in [0.25, 0.3) is 0 Å². The fourth-order valence-corrected chi connectivity index (χ4v) is 2.28. The smallest absolute Gasteiger partial charge is 0.387 e. The molecule has 0 saturated carbocycles. The number of halogens is 4. The van der Waals surface area contributed by atoms with Crippen LogP contribution >= 0.6 is 35.6 Å². The van der Waals surface area contributed by atoms with E-state index in [0.29, 0.717) is 17.1 Å². The second-order valence-electron chi connectivity index (χ2n) is 4.99. The summed E-state index contributed by atoms with van der Waals surface area (Å²) < 4.78 is 29.2. The average molecular weight is 482 g/mol. The van der Waals surface area contributed by atoms with Gasteiger partial charge in [-0.1, -0.05) is 41.9 Å². The van der Waals surface area contributed by atoms with E-state index in [2.05, 4.69) is 15.0 Å². The van der Waals surface area contributed by atoms with Crippen molar-refractivity contribution in [2.24, 2.45) is 10.7 Å². The van der Waals surface area contributed by atoms with Gasteiger partial charge in [0.1, 0.15) is 5.75 Å². The molecule has 8 heteroatoms. The first kappa shape index (κ1) is 21.4. The molecule has 0 bridgehead atoms. The molecule has 0 atom stereocenters. The van der Waals surface area contributed by atoms with Crippen molar-refractivity contribution in [3.8, 4) is 5.75 Å². The topological polar surface area (TPSA) is 59.6 Å². The SMILES string of the molecule is I.NC(=NCc1cc(Cl)ccc1OC(F)F)NCCc1ccccc1. The van der Waals surface area contributed by atoms with Crippen molar-refractivity contribution in [3.63, 3.8) is 0 Å². The zero-order valence-electron chi connectivity index (χ0n) is 13.3. The number of nitrogens with two attached hydrogens (primary N) is 1. The monoisotopic (exact) mass is 481 g/mol. The van der Waals surface area contributed by atoms with Crippen molar-refractivity contribution >= 4 is 41.5 Å². The first-order valence-corrected chi connectivity index (χ1v) is 7.73. The van der Waals surface area contributed by atoms with Crippen LogP contribution in [0.15, 0.2) is 53.5 Å². The van der Waals surface area contributed by atoms with Crippen molar-refractivity contribution in [2.45, 2.75) is 19.6 Å². The standard InChI is InChI=1S/C17H18ClF2N3O.HI/c18-14-6-7-15(24-16(19)20)13(10-14)11-23-17(21)22-9-8-12-4-2-1-3-5-12;/h1-7,10,16H,8-9,11H2,(H3,21,22,23);1H. The van der Waals surface area contributed by atoms with Gasteiger partial charge in [0.05, 0.1) is 6.54 Å². The number of ether oxygens (including phenoxy) is 1. The molecule has 0 aliphatic carbocycles. The van der Waals surface area contributed by atoms with Crippen LogP contribution in [0.2, 0.25) is 5.02 Å². The summed E-state index contributed by atoms with van der Waals surface area (Å²) in [7, 11) is 0. The summed E-state index contributed by atoms with van der Waals surface area (Å²) in [6.45, 7) is -2.20. The lowest BCUT2D eigenvalue weighted by atomic mass is 10.1. The highest BCUT2D eigenvalue weighted by atomic mass is 127. The Morgan fingerprint density at radius 1 is 1.20 bits per heavy atom. The molecule has 0 heterocycles. The van der Waals surface area contributed by atoms with Crippen LogP contribution in [0.5, 0.6) is 5.75 Å². The zero-order valence-corrected chi connectivity index (χ0v) is 16.4. The Morgan fingerprint density at radius 3 is 2.60 bits per heavy atom. The predicted molar refractivity (Wildman–Crippen MR) is 107 cm³/mol. The highest BCUT2D eigenvalue weighted by molar-refractivity contribution is 14.0. The number of rotatable bonds is 7. The second-order valence-corrected chi connectivity index (χ2v) is 5.43.